The lowest BCUT2D eigenvalue weighted by Crippen LogP contribution is -2.27. The Morgan fingerprint density at radius 3 is 2.84 bits per heavy atom. The lowest BCUT2D eigenvalue weighted by molar-refractivity contribution is 0.0827. The van der Waals surface area contributed by atoms with Crippen LogP contribution in [-0.2, 0) is 0 Å². The molecule has 1 saturated carbocycles. The Labute approximate surface area is 113 Å². The van der Waals surface area contributed by atoms with Gasteiger partial charge in [-0.05, 0) is 25.0 Å². The van der Waals surface area contributed by atoms with Gasteiger partial charge in [-0.25, -0.2) is 4.98 Å². The highest BCUT2D eigenvalue weighted by Gasteiger charge is 2.26. The summed E-state index contributed by atoms with van der Waals surface area (Å²) in [6.07, 6.45) is 4.85. The molecule has 2 N–H and O–H groups in total. The van der Waals surface area contributed by atoms with Crippen LogP contribution in [0.3, 0.4) is 0 Å². The molecule has 2 rings (SSSR count). The molecule has 19 heavy (non-hydrogen) atoms. The minimum atomic E-state index is -0.0480. The molecule has 0 aliphatic heterocycles. The number of carbonyl (C=O) groups is 1. The predicted molar refractivity (Wildman–Crippen MR) is 74.1 cm³/mol. The maximum Gasteiger partial charge on any atom is 0.254 e. The average molecular weight is 263 g/mol. The molecule has 0 spiro atoms. The van der Waals surface area contributed by atoms with E-state index in [0.29, 0.717) is 11.5 Å². The van der Waals surface area contributed by atoms with Gasteiger partial charge in [-0.2, -0.15) is 0 Å². The van der Waals surface area contributed by atoms with Crippen LogP contribution in [0.4, 0.5) is 5.82 Å². The zero-order valence-electron chi connectivity index (χ0n) is 11.5. The first kappa shape index (κ1) is 13.8. The SMILES string of the molecule is CN(C)C(=O)c1ccc(NC2CCCC2CO)nc1. The molecule has 1 amide bonds. The zero-order chi connectivity index (χ0) is 13.8. The van der Waals surface area contributed by atoms with Crippen LogP contribution in [0.15, 0.2) is 18.3 Å². The Morgan fingerprint density at radius 2 is 2.26 bits per heavy atom. The molecule has 0 aromatic carbocycles. The Hall–Kier alpha value is -1.62. The summed E-state index contributed by atoms with van der Waals surface area (Å²) in [5.74, 6) is 1.03. The van der Waals surface area contributed by atoms with Crippen molar-refractivity contribution in [1.82, 2.24) is 9.88 Å². The third kappa shape index (κ3) is 3.23. The molecule has 2 unspecified atom stereocenters. The summed E-state index contributed by atoms with van der Waals surface area (Å²) < 4.78 is 0. The van der Waals surface area contributed by atoms with Crippen molar-refractivity contribution in [2.24, 2.45) is 5.92 Å². The van der Waals surface area contributed by atoms with Crippen LogP contribution in [0, 0.1) is 5.92 Å². The summed E-state index contributed by atoms with van der Waals surface area (Å²) in [6, 6.07) is 3.89. The largest absolute Gasteiger partial charge is 0.396 e. The van der Waals surface area contributed by atoms with Crippen molar-refractivity contribution < 1.29 is 9.90 Å². The van der Waals surface area contributed by atoms with Crippen LogP contribution < -0.4 is 5.32 Å². The molecule has 1 heterocycles. The number of anilines is 1. The van der Waals surface area contributed by atoms with Crippen LogP contribution in [0.25, 0.3) is 0 Å². The summed E-state index contributed by atoms with van der Waals surface area (Å²) in [6.45, 7) is 0.217. The number of hydrogen-bond acceptors (Lipinski definition) is 4. The molecule has 1 aromatic rings. The maximum atomic E-state index is 11.7. The van der Waals surface area contributed by atoms with Gasteiger partial charge in [0, 0.05) is 38.9 Å². The Kier molecular flexibility index (Phi) is 4.37. The standard InChI is InChI=1S/C14H21N3O2/c1-17(2)14(19)10-6-7-13(15-8-10)16-12-5-3-4-11(12)9-18/h6-8,11-12,18H,3-5,9H2,1-2H3,(H,15,16). The number of rotatable bonds is 4. The summed E-state index contributed by atoms with van der Waals surface area (Å²) in [5.41, 5.74) is 0.584. The van der Waals surface area contributed by atoms with Gasteiger partial charge in [0.15, 0.2) is 0 Å². The fourth-order valence-corrected chi connectivity index (χ4v) is 2.50. The van der Waals surface area contributed by atoms with Crippen molar-refractivity contribution in [2.45, 2.75) is 25.3 Å². The van der Waals surface area contributed by atoms with E-state index in [1.54, 1.807) is 26.4 Å². The summed E-state index contributed by atoms with van der Waals surface area (Å²) >= 11 is 0. The number of nitrogens with one attached hydrogen (secondary N) is 1. The normalized spacial score (nSPS) is 22.3. The Bertz CT molecular complexity index is 431. The first-order valence-corrected chi connectivity index (χ1v) is 6.67. The first-order chi connectivity index (χ1) is 9.11. The lowest BCUT2D eigenvalue weighted by Gasteiger charge is -2.19. The van der Waals surface area contributed by atoms with Crippen molar-refractivity contribution in [3.63, 3.8) is 0 Å². The second kappa shape index (κ2) is 6.02. The number of aromatic nitrogens is 1. The number of aliphatic hydroxyl groups is 1. The maximum absolute atomic E-state index is 11.7. The molecule has 1 fully saturated rings. The third-order valence-electron chi connectivity index (χ3n) is 3.64. The highest BCUT2D eigenvalue weighted by atomic mass is 16.3. The van der Waals surface area contributed by atoms with Gasteiger partial charge in [0.05, 0.1) is 5.56 Å². The van der Waals surface area contributed by atoms with Crippen LogP contribution in [0.2, 0.25) is 0 Å². The molecule has 0 bridgehead atoms. The van der Waals surface area contributed by atoms with Crippen LogP contribution >= 0.6 is 0 Å². The van der Waals surface area contributed by atoms with Crippen molar-refractivity contribution in [3.8, 4) is 0 Å². The van der Waals surface area contributed by atoms with Gasteiger partial charge in [-0.1, -0.05) is 6.42 Å². The van der Waals surface area contributed by atoms with Crippen molar-refractivity contribution in [2.75, 3.05) is 26.0 Å². The fraction of sp³-hybridized carbons (Fsp3) is 0.571. The van der Waals surface area contributed by atoms with E-state index >= 15 is 0 Å². The van der Waals surface area contributed by atoms with E-state index in [0.717, 1.165) is 25.1 Å². The monoisotopic (exact) mass is 263 g/mol. The minimum Gasteiger partial charge on any atom is -0.396 e. The molecular weight excluding hydrogens is 242 g/mol. The summed E-state index contributed by atoms with van der Waals surface area (Å²) in [4.78, 5) is 17.5. The fourth-order valence-electron chi connectivity index (χ4n) is 2.50. The lowest BCUT2D eigenvalue weighted by atomic mass is 10.1. The molecule has 104 valence electrons. The van der Waals surface area contributed by atoms with Crippen molar-refractivity contribution in [3.05, 3.63) is 23.9 Å². The number of nitrogens with zero attached hydrogens (tertiary/aromatic N) is 2. The predicted octanol–water partition coefficient (Wildman–Crippen LogP) is 1.36. The van der Waals surface area contributed by atoms with E-state index in [1.807, 2.05) is 6.07 Å². The molecule has 0 saturated heterocycles. The van der Waals surface area contributed by atoms with Gasteiger partial charge in [0.25, 0.3) is 5.91 Å². The Balaban J connectivity index is 2.01. The molecule has 2 atom stereocenters. The van der Waals surface area contributed by atoms with E-state index in [9.17, 15) is 9.90 Å². The molecule has 0 radical (unpaired) electrons. The van der Waals surface area contributed by atoms with Crippen molar-refractivity contribution in [1.29, 1.82) is 0 Å². The number of aliphatic hydroxyl groups excluding tert-OH is 1. The van der Waals surface area contributed by atoms with E-state index in [-0.39, 0.29) is 18.6 Å². The summed E-state index contributed by atoms with van der Waals surface area (Å²) in [5, 5.41) is 12.6. The highest BCUT2D eigenvalue weighted by molar-refractivity contribution is 5.93. The molecule has 1 aromatic heterocycles. The topological polar surface area (TPSA) is 65.5 Å². The second-order valence-corrected chi connectivity index (χ2v) is 5.26. The third-order valence-corrected chi connectivity index (χ3v) is 3.64. The molecule has 5 heteroatoms. The molecule has 5 nitrogen and oxygen atoms in total. The van der Waals surface area contributed by atoms with Gasteiger partial charge < -0.3 is 15.3 Å². The molecular formula is C14H21N3O2. The van der Waals surface area contributed by atoms with Gasteiger partial charge in [0.2, 0.25) is 0 Å². The molecule has 1 aliphatic carbocycles. The van der Waals surface area contributed by atoms with Gasteiger partial charge >= 0.3 is 0 Å². The van der Waals surface area contributed by atoms with E-state index < -0.39 is 0 Å². The Morgan fingerprint density at radius 1 is 1.47 bits per heavy atom. The minimum absolute atomic E-state index is 0.0480. The van der Waals surface area contributed by atoms with Crippen LogP contribution in [-0.4, -0.2) is 47.6 Å². The highest BCUT2D eigenvalue weighted by Crippen LogP contribution is 2.27. The van der Waals surface area contributed by atoms with E-state index in [2.05, 4.69) is 10.3 Å². The zero-order valence-corrected chi connectivity index (χ0v) is 11.5. The smallest absolute Gasteiger partial charge is 0.254 e. The summed E-state index contributed by atoms with van der Waals surface area (Å²) in [7, 11) is 3.44. The second-order valence-electron chi connectivity index (χ2n) is 5.26. The van der Waals surface area contributed by atoms with Gasteiger partial charge in [-0.3, -0.25) is 4.79 Å². The van der Waals surface area contributed by atoms with Gasteiger partial charge in [0.1, 0.15) is 5.82 Å². The quantitative estimate of drug-likeness (QED) is 0.860. The number of pyridine rings is 1. The first-order valence-electron chi connectivity index (χ1n) is 6.67. The number of carbonyl (C=O) groups excluding carboxylic acids is 1. The van der Waals surface area contributed by atoms with E-state index in [1.165, 1.54) is 4.90 Å². The van der Waals surface area contributed by atoms with Gasteiger partial charge in [-0.15, -0.1) is 0 Å². The van der Waals surface area contributed by atoms with Crippen molar-refractivity contribution >= 4 is 11.7 Å². The molecule has 1 aliphatic rings. The number of amides is 1. The van der Waals surface area contributed by atoms with Crippen LogP contribution in [0.5, 0.6) is 0 Å². The average Bonchev–Trinajstić information content (AvgIpc) is 2.86. The van der Waals surface area contributed by atoms with Crippen LogP contribution in [0.1, 0.15) is 29.6 Å². The number of hydrogen-bond donors (Lipinski definition) is 2. The van der Waals surface area contributed by atoms with E-state index in [4.69, 9.17) is 0 Å².